The van der Waals surface area contributed by atoms with E-state index in [9.17, 15) is 18.4 Å². The predicted octanol–water partition coefficient (Wildman–Crippen LogP) is 2.00. The molecule has 0 aliphatic heterocycles. The summed E-state index contributed by atoms with van der Waals surface area (Å²) in [4.78, 5) is 25.1. The average molecular weight is 423 g/mol. The van der Waals surface area contributed by atoms with Crippen molar-refractivity contribution in [2.45, 2.75) is 25.0 Å². The predicted molar refractivity (Wildman–Crippen MR) is 104 cm³/mol. The van der Waals surface area contributed by atoms with Crippen LogP contribution in [0.25, 0.3) is 0 Å². The van der Waals surface area contributed by atoms with E-state index >= 15 is 0 Å². The van der Waals surface area contributed by atoms with Crippen molar-refractivity contribution in [2.75, 3.05) is 12.8 Å². The zero-order chi connectivity index (χ0) is 21.6. The maximum Gasteiger partial charge on any atom is 0.269 e. The maximum atomic E-state index is 13.4. The van der Waals surface area contributed by atoms with E-state index in [1.807, 2.05) is 0 Å². The summed E-state index contributed by atoms with van der Waals surface area (Å²) in [6, 6.07) is 7.70. The molecule has 0 saturated carbocycles. The number of anilines is 1. The van der Waals surface area contributed by atoms with Crippen molar-refractivity contribution < 1.29 is 28.3 Å². The summed E-state index contributed by atoms with van der Waals surface area (Å²) >= 11 is 1.34. The zero-order valence-electron chi connectivity index (χ0n) is 15.5. The van der Waals surface area contributed by atoms with Gasteiger partial charge in [-0.3, -0.25) is 14.8 Å². The number of ether oxygens (including phenoxy) is 1. The lowest BCUT2D eigenvalue weighted by Gasteiger charge is -2.34. The van der Waals surface area contributed by atoms with Crippen LogP contribution in [0.3, 0.4) is 0 Å². The molecule has 7 nitrogen and oxygen atoms in total. The van der Waals surface area contributed by atoms with Gasteiger partial charge in [-0.2, -0.15) is 0 Å². The van der Waals surface area contributed by atoms with E-state index < -0.39 is 29.9 Å². The molecule has 29 heavy (non-hydrogen) atoms. The van der Waals surface area contributed by atoms with E-state index in [-0.39, 0.29) is 5.56 Å². The molecular formula is C19H19F2N3O4S. The number of carbonyl (C=O) groups is 2. The Morgan fingerprint density at radius 2 is 1.86 bits per heavy atom. The van der Waals surface area contributed by atoms with E-state index in [0.29, 0.717) is 10.6 Å². The Hall–Kier alpha value is -3.00. The third kappa shape index (κ3) is 5.29. The molecule has 0 aliphatic rings. The molecule has 0 saturated heterocycles. The van der Waals surface area contributed by atoms with Gasteiger partial charge in [-0.25, -0.2) is 14.3 Å². The minimum absolute atomic E-state index is 0.111. The lowest BCUT2D eigenvalue weighted by Crippen LogP contribution is -2.62. The molecule has 0 radical (unpaired) electrons. The number of benzene rings is 1. The van der Waals surface area contributed by atoms with Crippen molar-refractivity contribution in [2.24, 2.45) is 0 Å². The number of carbonyl (C=O) groups excluding carboxylic acids is 2. The number of nitrogens with two attached hydrogens (primary N) is 1. The van der Waals surface area contributed by atoms with Crippen LogP contribution < -0.4 is 16.5 Å². The highest BCUT2D eigenvalue weighted by molar-refractivity contribution is 7.16. The summed E-state index contributed by atoms with van der Waals surface area (Å²) in [7, 11) is 0.977. The molecule has 2 aromatic rings. The zero-order valence-corrected chi connectivity index (χ0v) is 16.3. The van der Waals surface area contributed by atoms with E-state index in [1.165, 1.54) is 28.9 Å². The summed E-state index contributed by atoms with van der Waals surface area (Å²) in [5, 5.41) is 11.7. The second-order valence-electron chi connectivity index (χ2n) is 6.10. The first-order chi connectivity index (χ1) is 13.7. The van der Waals surface area contributed by atoms with Crippen molar-refractivity contribution in [3.63, 3.8) is 0 Å². The smallest absolute Gasteiger partial charge is 0.269 e. The number of nitrogens with one attached hydrogen (secondary N) is 2. The molecule has 5 N–H and O–H groups in total. The van der Waals surface area contributed by atoms with Crippen LogP contribution in [0.1, 0.15) is 27.7 Å². The highest BCUT2D eigenvalue weighted by Gasteiger charge is 2.48. The Balaban J connectivity index is 2.18. The van der Waals surface area contributed by atoms with E-state index in [4.69, 9.17) is 15.7 Å². The monoisotopic (exact) mass is 423 g/mol. The number of hydroxylamine groups is 1. The number of alkyl halides is 2. The second kappa shape index (κ2) is 9.47. The van der Waals surface area contributed by atoms with Crippen LogP contribution in [0.4, 0.5) is 13.8 Å². The minimum Gasteiger partial charge on any atom is -0.391 e. The summed E-state index contributed by atoms with van der Waals surface area (Å²) in [6.45, 7) is 0.952. The van der Waals surface area contributed by atoms with Crippen LogP contribution in [0.2, 0.25) is 0 Å². The number of halogens is 2. The van der Waals surface area contributed by atoms with E-state index in [1.54, 1.807) is 24.3 Å². The summed E-state index contributed by atoms with van der Waals surface area (Å²) in [5.41, 5.74) is 5.28. The number of amides is 2. The van der Waals surface area contributed by atoms with Crippen molar-refractivity contribution in [1.82, 2.24) is 10.8 Å². The first-order valence-corrected chi connectivity index (χ1v) is 9.08. The number of thiophene rings is 1. The lowest BCUT2D eigenvalue weighted by atomic mass is 9.95. The topological polar surface area (TPSA) is 114 Å². The van der Waals surface area contributed by atoms with Crippen molar-refractivity contribution in [3.05, 3.63) is 52.4 Å². The highest BCUT2D eigenvalue weighted by Crippen LogP contribution is 2.24. The number of nitrogen functional groups attached to an aromatic ring is 1. The molecular weight excluding hydrogens is 404 g/mol. The van der Waals surface area contributed by atoms with Gasteiger partial charge in [-0.15, -0.1) is 11.3 Å². The molecule has 0 fully saturated rings. The fourth-order valence-electron chi connectivity index (χ4n) is 2.34. The van der Waals surface area contributed by atoms with Crippen molar-refractivity contribution >= 4 is 28.2 Å². The van der Waals surface area contributed by atoms with E-state index in [2.05, 4.69) is 17.2 Å². The van der Waals surface area contributed by atoms with Gasteiger partial charge in [-0.1, -0.05) is 11.8 Å². The number of methoxy groups -OCH3 is 1. The van der Waals surface area contributed by atoms with Crippen molar-refractivity contribution in [1.29, 1.82) is 0 Å². The maximum absolute atomic E-state index is 13.4. The van der Waals surface area contributed by atoms with Gasteiger partial charge in [0.25, 0.3) is 18.2 Å². The Kier molecular flexibility index (Phi) is 7.28. The van der Waals surface area contributed by atoms with Gasteiger partial charge < -0.3 is 15.8 Å². The average Bonchev–Trinajstić information content (AvgIpc) is 3.14. The van der Waals surface area contributed by atoms with E-state index in [0.717, 1.165) is 18.9 Å². The van der Waals surface area contributed by atoms with Crippen LogP contribution in [0.5, 0.6) is 0 Å². The fourth-order valence-corrected chi connectivity index (χ4v) is 2.97. The molecule has 10 heteroatoms. The van der Waals surface area contributed by atoms with Gasteiger partial charge in [0, 0.05) is 18.2 Å². The number of rotatable bonds is 6. The second-order valence-corrected chi connectivity index (χ2v) is 7.22. The molecule has 0 bridgehead atoms. The molecule has 0 aliphatic carbocycles. The molecule has 1 aromatic heterocycles. The number of hydrogen-bond donors (Lipinski definition) is 4. The normalized spacial score (nSPS) is 13.7. The first-order valence-electron chi connectivity index (χ1n) is 8.26. The minimum atomic E-state index is -3.11. The van der Waals surface area contributed by atoms with Crippen LogP contribution >= 0.6 is 11.3 Å². The fraction of sp³-hybridized carbons (Fsp3) is 0.263. The number of hydrogen-bond acceptors (Lipinski definition) is 6. The highest BCUT2D eigenvalue weighted by atomic mass is 32.1. The largest absolute Gasteiger partial charge is 0.391 e. The standard InChI is InChI=1S/C19H19F2N3O4S/c1-19(28-2,18(20)21)15(17(26)24-27)23-16(25)12-6-3-11(4-7-12)5-8-13-9-10-14(22)29-13/h3-4,6-7,9-10,15,18,27H,22H2,1-2H3,(H,23,25)(H,24,26)/t15-,19?/m1/s1. The van der Waals surface area contributed by atoms with Gasteiger partial charge in [0.2, 0.25) is 0 Å². The van der Waals surface area contributed by atoms with Gasteiger partial charge in [0.15, 0.2) is 5.60 Å². The van der Waals surface area contributed by atoms with Crippen LogP contribution in [-0.4, -0.2) is 42.2 Å². The van der Waals surface area contributed by atoms with Gasteiger partial charge in [0.05, 0.1) is 9.88 Å². The molecule has 2 atom stereocenters. The van der Waals surface area contributed by atoms with Crippen molar-refractivity contribution in [3.8, 4) is 11.8 Å². The molecule has 0 spiro atoms. The lowest BCUT2D eigenvalue weighted by molar-refractivity contribution is -0.157. The Labute approximate surface area is 169 Å². The van der Waals surface area contributed by atoms with Crippen LogP contribution in [0.15, 0.2) is 36.4 Å². The SMILES string of the molecule is COC(C)(C(F)F)[C@H](NC(=O)c1ccc(C#Cc2ccc(N)s2)cc1)C(=O)NO. The molecule has 154 valence electrons. The Morgan fingerprint density at radius 3 is 2.34 bits per heavy atom. The molecule has 2 amide bonds. The Morgan fingerprint density at radius 1 is 1.21 bits per heavy atom. The quantitative estimate of drug-likeness (QED) is 0.322. The molecule has 1 aromatic carbocycles. The first kappa shape index (κ1) is 22.3. The van der Waals surface area contributed by atoms with Crippen LogP contribution in [-0.2, 0) is 9.53 Å². The third-order valence-corrected chi connectivity index (χ3v) is 5.03. The molecule has 2 rings (SSSR count). The van der Waals surface area contributed by atoms with Crippen LogP contribution in [0, 0.1) is 11.8 Å². The third-order valence-electron chi connectivity index (χ3n) is 4.20. The summed E-state index contributed by atoms with van der Waals surface area (Å²) in [6.07, 6.45) is -3.11. The van der Waals surface area contributed by atoms with Gasteiger partial charge >= 0.3 is 0 Å². The van der Waals surface area contributed by atoms with Gasteiger partial charge in [-0.05, 0) is 43.3 Å². The molecule has 1 heterocycles. The summed E-state index contributed by atoms with van der Waals surface area (Å²) < 4.78 is 31.6. The molecule has 1 unspecified atom stereocenters. The summed E-state index contributed by atoms with van der Waals surface area (Å²) in [5.74, 6) is 3.81. The Bertz CT molecular complexity index is 937. The van der Waals surface area contributed by atoms with Gasteiger partial charge in [0.1, 0.15) is 6.04 Å².